The van der Waals surface area contributed by atoms with Gasteiger partial charge in [0.25, 0.3) is 0 Å². The number of alkyl halides is 1. The van der Waals surface area contributed by atoms with Crippen molar-refractivity contribution in [2.45, 2.75) is 65.8 Å². The average Bonchev–Trinajstić information content (AvgIpc) is 2.77. The molecule has 1 nitrogen and oxygen atoms in total. The van der Waals surface area contributed by atoms with Crippen molar-refractivity contribution < 1.29 is 0 Å². The fraction of sp³-hybridized carbons (Fsp3) is 1.00. The number of rotatable bonds is 7. The lowest BCUT2D eigenvalue weighted by Gasteiger charge is -2.36. The normalized spacial score (nSPS) is 18.5. The zero-order valence-corrected chi connectivity index (χ0v) is 13.7. The Labute approximate surface area is 116 Å². The minimum Gasteiger partial charge on any atom is -0.300 e. The van der Waals surface area contributed by atoms with Crippen LogP contribution in [0.15, 0.2) is 0 Å². The first-order valence-corrected chi connectivity index (χ1v) is 8.37. The largest absolute Gasteiger partial charge is 0.300 e. The average molecular weight is 304 g/mol. The Morgan fingerprint density at radius 1 is 1.24 bits per heavy atom. The Bertz CT molecular complexity index is 207. The van der Waals surface area contributed by atoms with E-state index < -0.39 is 0 Å². The quantitative estimate of drug-likeness (QED) is 0.616. The maximum absolute atomic E-state index is 3.66. The molecule has 0 atom stereocenters. The summed E-state index contributed by atoms with van der Waals surface area (Å²) in [5.41, 5.74) is 0.402. The van der Waals surface area contributed by atoms with Crippen molar-refractivity contribution in [2.24, 2.45) is 11.3 Å². The Morgan fingerprint density at radius 3 is 2.29 bits per heavy atom. The highest BCUT2D eigenvalue weighted by Gasteiger charge is 2.27. The second-order valence-corrected chi connectivity index (χ2v) is 7.45. The van der Waals surface area contributed by atoms with Crippen LogP contribution in [0.1, 0.15) is 59.8 Å². The van der Waals surface area contributed by atoms with Gasteiger partial charge in [-0.25, -0.2) is 0 Å². The Balaban J connectivity index is 2.51. The molecule has 0 radical (unpaired) electrons. The van der Waals surface area contributed by atoms with Crippen LogP contribution < -0.4 is 0 Å². The lowest BCUT2D eigenvalue weighted by atomic mass is 9.94. The molecule has 0 spiro atoms. The van der Waals surface area contributed by atoms with E-state index in [0.717, 1.165) is 17.3 Å². The van der Waals surface area contributed by atoms with E-state index in [9.17, 15) is 0 Å². The SMILES string of the molecule is CC(C)CCN(CC(C)(C)CBr)C1CCCC1. The van der Waals surface area contributed by atoms with E-state index in [2.05, 4.69) is 48.5 Å². The fourth-order valence-corrected chi connectivity index (χ4v) is 2.85. The molecule has 0 bridgehead atoms. The van der Waals surface area contributed by atoms with Crippen molar-refractivity contribution >= 4 is 15.9 Å². The highest BCUT2D eigenvalue weighted by Crippen LogP contribution is 2.28. The molecular weight excluding hydrogens is 274 g/mol. The van der Waals surface area contributed by atoms with Crippen LogP contribution in [0.5, 0.6) is 0 Å². The van der Waals surface area contributed by atoms with Crippen LogP contribution in [0.25, 0.3) is 0 Å². The van der Waals surface area contributed by atoms with Crippen LogP contribution in [0.2, 0.25) is 0 Å². The highest BCUT2D eigenvalue weighted by molar-refractivity contribution is 9.09. The maximum Gasteiger partial charge on any atom is 0.00954 e. The van der Waals surface area contributed by atoms with Crippen molar-refractivity contribution in [3.05, 3.63) is 0 Å². The molecule has 0 heterocycles. The maximum atomic E-state index is 3.66. The molecule has 17 heavy (non-hydrogen) atoms. The van der Waals surface area contributed by atoms with E-state index in [0.29, 0.717) is 5.41 Å². The summed E-state index contributed by atoms with van der Waals surface area (Å²) in [6, 6.07) is 0.868. The van der Waals surface area contributed by atoms with Crippen molar-refractivity contribution in [1.29, 1.82) is 0 Å². The first-order chi connectivity index (χ1) is 7.94. The molecule has 0 saturated heterocycles. The Hall–Kier alpha value is 0.440. The van der Waals surface area contributed by atoms with Gasteiger partial charge in [0.15, 0.2) is 0 Å². The van der Waals surface area contributed by atoms with Crippen LogP contribution in [-0.4, -0.2) is 29.4 Å². The summed E-state index contributed by atoms with van der Waals surface area (Å²) in [5, 5.41) is 1.10. The topological polar surface area (TPSA) is 3.24 Å². The van der Waals surface area contributed by atoms with Gasteiger partial charge in [-0.05, 0) is 37.1 Å². The highest BCUT2D eigenvalue weighted by atomic mass is 79.9. The van der Waals surface area contributed by atoms with Gasteiger partial charge in [0, 0.05) is 17.9 Å². The molecule has 0 amide bonds. The third kappa shape index (κ3) is 5.74. The van der Waals surface area contributed by atoms with Crippen LogP contribution in [0.3, 0.4) is 0 Å². The summed E-state index contributed by atoms with van der Waals surface area (Å²) >= 11 is 3.66. The van der Waals surface area contributed by atoms with E-state index in [1.54, 1.807) is 0 Å². The van der Waals surface area contributed by atoms with Crippen LogP contribution in [0.4, 0.5) is 0 Å². The second-order valence-electron chi connectivity index (χ2n) is 6.89. The van der Waals surface area contributed by atoms with Gasteiger partial charge in [0.05, 0.1) is 0 Å². The van der Waals surface area contributed by atoms with Crippen molar-refractivity contribution in [1.82, 2.24) is 4.90 Å². The molecule has 0 aromatic heterocycles. The van der Waals surface area contributed by atoms with Crippen molar-refractivity contribution in [3.63, 3.8) is 0 Å². The third-order valence-corrected chi connectivity index (χ3v) is 5.35. The molecule has 1 fully saturated rings. The van der Waals surface area contributed by atoms with E-state index >= 15 is 0 Å². The number of halogens is 1. The van der Waals surface area contributed by atoms with E-state index in [-0.39, 0.29) is 0 Å². The predicted molar refractivity (Wildman–Crippen MR) is 80.9 cm³/mol. The first kappa shape index (κ1) is 15.5. The fourth-order valence-electron chi connectivity index (χ4n) is 2.68. The van der Waals surface area contributed by atoms with Crippen LogP contribution in [-0.2, 0) is 0 Å². The molecule has 2 heteroatoms. The molecule has 0 unspecified atom stereocenters. The summed E-state index contributed by atoms with van der Waals surface area (Å²) in [4.78, 5) is 2.77. The minimum absolute atomic E-state index is 0.402. The molecule has 1 aliphatic rings. The van der Waals surface area contributed by atoms with Gasteiger partial charge in [0.2, 0.25) is 0 Å². The third-order valence-electron chi connectivity index (χ3n) is 3.83. The van der Waals surface area contributed by atoms with E-state index in [1.807, 2.05) is 0 Å². The van der Waals surface area contributed by atoms with Gasteiger partial charge in [-0.3, -0.25) is 4.90 Å². The molecule has 1 rings (SSSR count). The molecule has 0 aromatic carbocycles. The van der Waals surface area contributed by atoms with Gasteiger partial charge in [0.1, 0.15) is 0 Å². The predicted octanol–water partition coefficient (Wildman–Crippen LogP) is 4.70. The van der Waals surface area contributed by atoms with Crippen LogP contribution in [0, 0.1) is 11.3 Å². The summed E-state index contributed by atoms with van der Waals surface area (Å²) in [5.74, 6) is 0.825. The second kappa shape index (κ2) is 7.13. The van der Waals surface area contributed by atoms with Gasteiger partial charge in [-0.2, -0.15) is 0 Å². The Morgan fingerprint density at radius 2 is 1.82 bits per heavy atom. The van der Waals surface area contributed by atoms with Gasteiger partial charge in [-0.15, -0.1) is 0 Å². The number of hydrogen-bond donors (Lipinski definition) is 0. The lowest BCUT2D eigenvalue weighted by Crippen LogP contribution is -2.42. The summed E-state index contributed by atoms with van der Waals surface area (Å²) in [6.45, 7) is 12.0. The van der Waals surface area contributed by atoms with Gasteiger partial charge < -0.3 is 0 Å². The van der Waals surface area contributed by atoms with E-state index in [1.165, 1.54) is 45.2 Å². The number of hydrogen-bond acceptors (Lipinski definition) is 1. The molecule has 102 valence electrons. The monoisotopic (exact) mass is 303 g/mol. The summed E-state index contributed by atoms with van der Waals surface area (Å²) in [6.07, 6.45) is 7.08. The zero-order valence-electron chi connectivity index (χ0n) is 12.1. The smallest absolute Gasteiger partial charge is 0.00954 e. The van der Waals surface area contributed by atoms with E-state index in [4.69, 9.17) is 0 Å². The first-order valence-electron chi connectivity index (χ1n) is 7.24. The zero-order chi connectivity index (χ0) is 12.9. The molecule has 0 aromatic rings. The van der Waals surface area contributed by atoms with Gasteiger partial charge in [-0.1, -0.05) is 56.5 Å². The molecule has 1 saturated carbocycles. The summed E-state index contributed by atoms with van der Waals surface area (Å²) in [7, 11) is 0. The van der Waals surface area contributed by atoms with Crippen molar-refractivity contribution in [2.75, 3.05) is 18.4 Å². The summed E-state index contributed by atoms with van der Waals surface area (Å²) < 4.78 is 0. The molecule has 0 N–H and O–H groups in total. The number of nitrogens with zero attached hydrogens (tertiary/aromatic N) is 1. The van der Waals surface area contributed by atoms with Gasteiger partial charge >= 0.3 is 0 Å². The standard InChI is InChI=1S/C15H30BrN/c1-13(2)9-10-17(12-15(3,4)11-16)14-7-5-6-8-14/h13-14H,5-12H2,1-4H3. The molecule has 1 aliphatic carbocycles. The Kier molecular flexibility index (Phi) is 6.50. The van der Waals surface area contributed by atoms with Crippen molar-refractivity contribution in [3.8, 4) is 0 Å². The molecular formula is C15H30BrN. The molecule has 0 aliphatic heterocycles. The minimum atomic E-state index is 0.402. The lowest BCUT2D eigenvalue weighted by molar-refractivity contribution is 0.135. The van der Waals surface area contributed by atoms with Crippen LogP contribution >= 0.6 is 15.9 Å².